The number of hydrogen-bond acceptors (Lipinski definition) is 5. The molecule has 1 unspecified atom stereocenters. The first-order valence-corrected chi connectivity index (χ1v) is 8.48. The molecule has 0 spiro atoms. The molecule has 1 aromatic rings. The highest BCUT2D eigenvalue weighted by atomic mass is 16.5. The van der Waals surface area contributed by atoms with E-state index in [-0.39, 0.29) is 24.0 Å². The van der Waals surface area contributed by atoms with Gasteiger partial charge in [-0.1, -0.05) is 6.92 Å². The van der Waals surface area contributed by atoms with Crippen LogP contribution in [0, 0.1) is 13.8 Å². The van der Waals surface area contributed by atoms with E-state index in [0.29, 0.717) is 36.4 Å². The second kappa shape index (κ2) is 9.36. The lowest BCUT2D eigenvalue weighted by Gasteiger charge is -2.28. The molecule has 7 heteroatoms. The van der Waals surface area contributed by atoms with Crippen LogP contribution in [0.5, 0.6) is 0 Å². The summed E-state index contributed by atoms with van der Waals surface area (Å²) in [6.07, 6.45) is 0.306. The van der Waals surface area contributed by atoms with Crippen LogP contribution in [0.2, 0.25) is 0 Å². The molecule has 1 N–H and O–H groups in total. The normalized spacial score (nSPS) is 11.9. The molecule has 0 aromatic carbocycles. The fourth-order valence-corrected chi connectivity index (χ4v) is 2.80. The zero-order valence-electron chi connectivity index (χ0n) is 15.9. The Labute approximate surface area is 148 Å². The van der Waals surface area contributed by atoms with Crippen molar-refractivity contribution in [1.82, 2.24) is 9.88 Å². The van der Waals surface area contributed by atoms with E-state index < -0.39 is 12.0 Å². The van der Waals surface area contributed by atoms with Crippen LogP contribution < -0.4 is 0 Å². The number of amides is 1. The molecule has 1 amide bonds. The molecule has 0 aliphatic carbocycles. The molecule has 0 aliphatic rings. The van der Waals surface area contributed by atoms with Crippen LogP contribution in [0.25, 0.3) is 0 Å². The number of ketones is 1. The van der Waals surface area contributed by atoms with Gasteiger partial charge in [0.2, 0.25) is 5.91 Å². The molecule has 1 heterocycles. The molecule has 0 saturated carbocycles. The van der Waals surface area contributed by atoms with Gasteiger partial charge in [-0.2, -0.15) is 0 Å². The first kappa shape index (κ1) is 20.9. The third-order valence-corrected chi connectivity index (χ3v) is 4.17. The van der Waals surface area contributed by atoms with Gasteiger partial charge in [-0.25, -0.2) is 4.79 Å². The van der Waals surface area contributed by atoms with E-state index in [1.54, 1.807) is 41.7 Å². The summed E-state index contributed by atoms with van der Waals surface area (Å²) < 4.78 is 10.1. The number of H-pyrrole nitrogens is 1. The molecular weight excluding hydrogens is 324 g/mol. The van der Waals surface area contributed by atoms with Crippen molar-refractivity contribution >= 4 is 17.7 Å². The fourth-order valence-electron chi connectivity index (χ4n) is 2.80. The monoisotopic (exact) mass is 352 g/mol. The Hall–Kier alpha value is -2.15. The Morgan fingerprint density at radius 3 is 2.36 bits per heavy atom. The van der Waals surface area contributed by atoms with Crippen LogP contribution in [0.3, 0.4) is 0 Å². The minimum atomic E-state index is -0.647. The van der Waals surface area contributed by atoms with Crippen molar-refractivity contribution in [3.63, 3.8) is 0 Å². The molecule has 1 aromatic heterocycles. The molecular formula is C18H28N2O5. The number of nitrogens with one attached hydrogen (secondary N) is 1. The van der Waals surface area contributed by atoms with Gasteiger partial charge in [0.25, 0.3) is 0 Å². The Balaban J connectivity index is 3.16. The summed E-state index contributed by atoms with van der Waals surface area (Å²) in [5.74, 6) is -0.815. The highest BCUT2D eigenvalue weighted by Gasteiger charge is 2.30. The number of aromatic amines is 1. The maximum Gasteiger partial charge on any atom is 0.355 e. The van der Waals surface area contributed by atoms with Gasteiger partial charge < -0.3 is 19.4 Å². The van der Waals surface area contributed by atoms with Gasteiger partial charge >= 0.3 is 5.97 Å². The Morgan fingerprint density at radius 2 is 1.84 bits per heavy atom. The van der Waals surface area contributed by atoms with Crippen molar-refractivity contribution in [2.24, 2.45) is 0 Å². The van der Waals surface area contributed by atoms with Crippen molar-refractivity contribution in [3.8, 4) is 0 Å². The minimum Gasteiger partial charge on any atom is -0.461 e. The number of methoxy groups -OCH3 is 1. The van der Waals surface area contributed by atoms with Crippen LogP contribution >= 0.6 is 0 Å². The molecule has 7 nitrogen and oxygen atoms in total. The molecule has 0 radical (unpaired) electrons. The molecule has 140 valence electrons. The van der Waals surface area contributed by atoms with Crippen molar-refractivity contribution in [3.05, 3.63) is 22.5 Å². The molecule has 0 bridgehead atoms. The Kier molecular flexibility index (Phi) is 7.83. The summed E-state index contributed by atoms with van der Waals surface area (Å²) >= 11 is 0. The number of aryl methyl sites for hydroxylation is 1. The van der Waals surface area contributed by atoms with Crippen LogP contribution in [0.15, 0.2) is 0 Å². The van der Waals surface area contributed by atoms with Crippen LogP contribution in [0.1, 0.15) is 59.3 Å². The number of carbonyl (C=O) groups is 3. The lowest BCUT2D eigenvalue weighted by atomic mass is 9.99. The van der Waals surface area contributed by atoms with E-state index >= 15 is 0 Å². The average Bonchev–Trinajstić information content (AvgIpc) is 2.88. The summed E-state index contributed by atoms with van der Waals surface area (Å²) in [6.45, 7) is 9.55. The fraction of sp³-hybridized carbons (Fsp3) is 0.611. The number of Topliss-reactive ketones (excluding diaryl/α,β-unsaturated/α-hetero) is 1. The van der Waals surface area contributed by atoms with Crippen molar-refractivity contribution in [2.75, 3.05) is 26.9 Å². The van der Waals surface area contributed by atoms with Gasteiger partial charge in [0.05, 0.1) is 19.3 Å². The zero-order chi connectivity index (χ0) is 19.1. The summed E-state index contributed by atoms with van der Waals surface area (Å²) in [4.78, 5) is 41.7. The predicted octanol–water partition coefficient (Wildman–Crippen LogP) is 2.26. The third-order valence-electron chi connectivity index (χ3n) is 4.17. The highest BCUT2D eigenvalue weighted by molar-refractivity contribution is 6.06. The lowest BCUT2D eigenvalue weighted by Crippen LogP contribution is -2.45. The van der Waals surface area contributed by atoms with Gasteiger partial charge in [-0.15, -0.1) is 0 Å². The molecule has 1 atom stereocenters. The number of ether oxygens (including phenoxy) is 2. The molecule has 0 aliphatic heterocycles. The maximum absolute atomic E-state index is 13.0. The van der Waals surface area contributed by atoms with Crippen molar-refractivity contribution < 1.29 is 23.9 Å². The average molecular weight is 352 g/mol. The number of hydrogen-bond donors (Lipinski definition) is 1. The van der Waals surface area contributed by atoms with Crippen LogP contribution in [-0.2, 0) is 14.3 Å². The number of rotatable bonds is 9. The summed E-state index contributed by atoms with van der Waals surface area (Å²) in [7, 11) is 1.55. The first-order chi connectivity index (χ1) is 11.8. The highest BCUT2D eigenvalue weighted by Crippen LogP contribution is 2.22. The second-order valence-corrected chi connectivity index (χ2v) is 5.82. The Morgan fingerprint density at radius 1 is 1.20 bits per heavy atom. The largest absolute Gasteiger partial charge is 0.461 e. The van der Waals surface area contributed by atoms with E-state index in [1.165, 1.54) is 4.90 Å². The quantitative estimate of drug-likeness (QED) is 0.544. The van der Waals surface area contributed by atoms with E-state index in [4.69, 9.17) is 9.47 Å². The number of aromatic nitrogens is 1. The molecule has 0 saturated heterocycles. The van der Waals surface area contributed by atoms with E-state index in [9.17, 15) is 14.4 Å². The van der Waals surface area contributed by atoms with Crippen LogP contribution in [-0.4, -0.2) is 60.5 Å². The van der Waals surface area contributed by atoms with Crippen molar-refractivity contribution in [1.29, 1.82) is 0 Å². The molecule has 0 fully saturated rings. The first-order valence-electron chi connectivity index (χ1n) is 8.48. The topological polar surface area (TPSA) is 88.7 Å². The molecule has 1 rings (SSSR count). The van der Waals surface area contributed by atoms with Gasteiger partial charge in [-0.05, 0) is 33.3 Å². The SMILES string of the molecule is CCOC(=O)c1[nH]c(C)c(C(=O)C(C)N(CCOC)C(=O)CC)c1C. The maximum atomic E-state index is 13.0. The van der Waals surface area contributed by atoms with E-state index in [0.717, 1.165) is 0 Å². The standard InChI is InChI=1S/C18H28N2O5/c1-7-14(21)20(9-10-24-6)13(5)17(22)15-11(3)16(19-12(15)4)18(23)25-8-2/h13,19H,7-10H2,1-6H3. The number of nitrogens with zero attached hydrogens (tertiary/aromatic N) is 1. The van der Waals surface area contributed by atoms with E-state index in [2.05, 4.69) is 4.98 Å². The summed E-state index contributed by atoms with van der Waals surface area (Å²) in [5, 5.41) is 0. The zero-order valence-corrected chi connectivity index (χ0v) is 15.9. The van der Waals surface area contributed by atoms with E-state index in [1.807, 2.05) is 0 Å². The number of carbonyl (C=O) groups excluding carboxylic acids is 3. The van der Waals surface area contributed by atoms with Gasteiger partial charge in [-0.3, -0.25) is 9.59 Å². The molecule has 25 heavy (non-hydrogen) atoms. The van der Waals surface area contributed by atoms with Gasteiger partial charge in [0.1, 0.15) is 5.69 Å². The summed E-state index contributed by atoms with van der Waals surface area (Å²) in [5.41, 5.74) is 1.85. The lowest BCUT2D eigenvalue weighted by molar-refractivity contribution is -0.132. The van der Waals surface area contributed by atoms with Crippen molar-refractivity contribution in [2.45, 2.75) is 47.1 Å². The number of esters is 1. The second-order valence-electron chi connectivity index (χ2n) is 5.82. The Bertz CT molecular complexity index is 636. The van der Waals surface area contributed by atoms with Gasteiger partial charge in [0, 0.05) is 31.3 Å². The predicted molar refractivity (Wildman–Crippen MR) is 93.9 cm³/mol. The minimum absolute atomic E-state index is 0.116. The smallest absolute Gasteiger partial charge is 0.355 e. The summed E-state index contributed by atoms with van der Waals surface area (Å²) in [6, 6.07) is -0.647. The van der Waals surface area contributed by atoms with Gasteiger partial charge in [0.15, 0.2) is 5.78 Å². The van der Waals surface area contributed by atoms with Crippen LogP contribution in [0.4, 0.5) is 0 Å². The third kappa shape index (κ3) is 4.69.